The number of hydrogen-bond acceptors (Lipinski definition) is 1. The number of halogens is 3. The SMILES string of the molecule is Cn1c(C(=O)Nc2cccc(Cl)c2Cl)cc2ccc(F)cc21. The zero-order valence-corrected chi connectivity index (χ0v) is 13.0. The molecule has 1 aromatic heterocycles. The minimum atomic E-state index is -0.349. The smallest absolute Gasteiger partial charge is 0.272 e. The normalized spacial score (nSPS) is 10.9. The Morgan fingerprint density at radius 3 is 2.73 bits per heavy atom. The summed E-state index contributed by atoms with van der Waals surface area (Å²) in [6.45, 7) is 0. The summed E-state index contributed by atoms with van der Waals surface area (Å²) >= 11 is 12.0. The lowest BCUT2D eigenvalue weighted by Gasteiger charge is -2.09. The molecule has 0 aliphatic heterocycles. The van der Waals surface area contributed by atoms with Crippen LogP contribution in [-0.2, 0) is 7.05 Å². The molecule has 0 aliphatic carbocycles. The Morgan fingerprint density at radius 2 is 1.95 bits per heavy atom. The number of amides is 1. The van der Waals surface area contributed by atoms with E-state index in [1.165, 1.54) is 12.1 Å². The van der Waals surface area contributed by atoms with Gasteiger partial charge in [0.25, 0.3) is 5.91 Å². The molecular weight excluding hydrogens is 326 g/mol. The number of hydrogen-bond donors (Lipinski definition) is 1. The van der Waals surface area contributed by atoms with Gasteiger partial charge >= 0.3 is 0 Å². The van der Waals surface area contributed by atoms with Crippen LogP contribution in [0, 0.1) is 5.82 Å². The summed E-state index contributed by atoms with van der Waals surface area (Å²) in [7, 11) is 1.70. The minimum absolute atomic E-state index is 0.280. The first kappa shape index (κ1) is 14.9. The van der Waals surface area contributed by atoms with E-state index in [0.717, 1.165) is 5.39 Å². The first-order valence-corrected chi connectivity index (χ1v) is 7.23. The summed E-state index contributed by atoms with van der Waals surface area (Å²) in [5.74, 6) is -0.693. The molecule has 3 aromatic rings. The lowest BCUT2D eigenvalue weighted by atomic mass is 10.2. The number of nitrogens with one attached hydrogen (secondary N) is 1. The van der Waals surface area contributed by atoms with Crippen molar-refractivity contribution in [2.45, 2.75) is 0 Å². The highest BCUT2D eigenvalue weighted by Crippen LogP contribution is 2.30. The first-order chi connectivity index (χ1) is 10.5. The third-order valence-corrected chi connectivity index (χ3v) is 4.26. The van der Waals surface area contributed by atoms with Gasteiger partial charge in [-0.05, 0) is 36.4 Å². The fourth-order valence-electron chi connectivity index (χ4n) is 2.31. The Kier molecular flexibility index (Phi) is 3.81. The number of nitrogens with zero attached hydrogens (tertiary/aromatic N) is 1. The summed E-state index contributed by atoms with van der Waals surface area (Å²) in [5, 5.41) is 4.14. The van der Waals surface area contributed by atoms with Crippen molar-refractivity contribution in [2.75, 3.05) is 5.32 Å². The number of aromatic nitrogens is 1. The molecular formula is C16H11Cl2FN2O. The predicted octanol–water partition coefficient (Wildman–Crippen LogP) is 4.88. The number of carbonyl (C=O) groups excluding carboxylic acids is 1. The number of aryl methyl sites for hydroxylation is 1. The molecule has 0 bridgehead atoms. The largest absolute Gasteiger partial charge is 0.340 e. The van der Waals surface area contributed by atoms with Gasteiger partial charge in [-0.15, -0.1) is 0 Å². The third kappa shape index (κ3) is 2.56. The van der Waals surface area contributed by atoms with Gasteiger partial charge < -0.3 is 9.88 Å². The second-order valence-electron chi connectivity index (χ2n) is 4.85. The quantitative estimate of drug-likeness (QED) is 0.711. The Bertz CT molecular complexity index is 889. The molecule has 0 radical (unpaired) electrons. The van der Waals surface area contributed by atoms with Gasteiger partial charge in [-0.25, -0.2) is 4.39 Å². The van der Waals surface area contributed by atoms with E-state index in [9.17, 15) is 9.18 Å². The summed E-state index contributed by atoms with van der Waals surface area (Å²) in [4.78, 5) is 12.4. The zero-order chi connectivity index (χ0) is 15.9. The van der Waals surface area contributed by atoms with Crippen LogP contribution >= 0.6 is 23.2 Å². The highest BCUT2D eigenvalue weighted by Gasteiger charge is 2.15. The number of fused-ring (bicyclic) bond motifs is 1. The second kappa shape index (κ2) is 5.63. The van der Waals surface area contributed by atoms with E-state index in [2.05, 4.69) is 5.32 Å². The van der Waals surface area contributed by atoms with Gasteiger partial charge in [0.2, 0.25) is 0 Å². The van der Waals surface area contributed by atoms with Gasteiger partial charge in [0, 0.05) is 12.4 Å². The van der Waals surface area contributed by atoms with Crippen molar-refractivity contribution >= 4 is 45.7 Å². The number of anilines is 1. The molecule has 0 saturated carbocycles. The molecule has 0 atom stereocenters. The third-order valence-electron chi connectivity index (χ3n) is 3.44. The van der Waals surface area contributed by atoms with Crippen LogP contribution in [0.4, 0.5) is 10.1 Å². The van der Waals surface area contributed by atoms with Crippen LogP contribution in [0.3, 0.4) is 0 Å². The van der Waals surface area contributed by atoms with Crippen LogP contribution < -0.4 is 5.32 Å². The molecule has 112 valence electrons. The van der Waals surface area contributed by atoms with Gasteiger partial charge in [0.1, 0.15) is 11.5 Å². The molecule has 3 rings (SSSR count). The molecule has 1 heterocycles. The van der Waals surface area contributed by atoms with Crippen molar-refractivity contribution in [1.82, 2.24) is 4.57 Å². The standard InChI is InChI=1S/C16H11Cl2FN2O/c1-21-13-8-10(19)6-5-9(13)7-14(21)16(22)20-12-4-2-3-11(17)15(12)18/h2-8H,1H3,(H,20,22). The van der Waals surface area contributed by atoms with E-state index in [-0.39, 0.29) is 16.7 Å². The topological polar surface area (TPSA) is 34.0 Å². The van der Waals surface area contributed by atoms with E-state index >= 15 is 0 Å². The lowest BCUT2D eigenvalue weighted by molar-refractivity contribution is 0.101. The summed E-state index contributed by atoms with van der Waals surface area (Å²) in [5.41, 5.74) is 1.47. The molecule has 1 amide bonds. The average Bonchev–Trinajstić information content (AvgIpc) is 2.81. The maximum Gasteiger partial charge on any atom is 0.272 e. The highest BCUT2D eigenvalue weighted by atomic mass is 35.5. The molecule has 0 aliphatic rings. The van der Waals surface area contributed by atoms with E-state index < -0.39 is 0 Å². The maximum absolute atomic E-state index is 13.3. The van der Waals surface area contributed by atoms with E-state index in [0.29, 0.717) is 21.9 Å². The van der Waals surface area contributed by atoms with Crippen LogP contribution in [0.2, 0.25) is 10.0 Å². The van der Waals surface area contributed by atoms with Gasteiger partial charge in [0.05, 0.1) is 21.2 Å². The van der Waals surface area contributed by atoms with Gasteiger partial charge in [-0.2, -0.15) is 0 Å². The number of benzene rings is 2. The molecule has 1 N–H and O–H groups in total. The van der Waals surface area contributed by atoms with Crippen LogP contribution in [0.25, 0.3) is 10.9 Å². The monoisotopic (exact) mass is 336 g/mol. The fraction of sp³-hybridized carbons (Fsp3) is 0.0625. The molecule has 0 unspecified atom stereocenters. The summed E-state index contributed by atoms with van der Waals surface area (Å²) in [6.07, 6.45) is 0. The van der Waals surface area contributed by atoms with Gasteiger partial charge in [-0.3, -0.25) is 4.79 Å². The predicted molar refractivity (Wildman–Crippen MR) is 87.3 cm³/mol. The van der Waals surface area contributed by atoms with Crippen molar-refractivity contribution in [1.29, 1.82) is 0 Å². The van der Waals surface area contributed by atoms with E-state index in [1.54, 1.807) is 41.9 Å². The first-order valence-electron chi connectivity index (χ1n) is 6.47. The van der Waals surface area contributed by atoms with Crippen LogP contribution in [0.1, 0.15) is 10.5 Å². The molecule has 22 heavy (non-hydrogen) atoms. The zero-order valence-electron chi connectivity index (χ0n) is 11.5. The average molecular weight is 337 g/mol. The van der Waals surface area contributed by atoms with Crippen molar-refractivity contribution < 1.29 is 9.18 Å². The molecule has 3 nitrogen and oxygen atoms in total. The number of carbonyl (C=O) groups is 1. The minimum Gasteiger partial charge on any atom is -0.340 e. The summed E-state index contributed by atoms with van der Waals surface area (Å²) in [6, 6.07) is 11.1. The van der Waals surface area contributed by atoms with Crippen LogP contribution in [0.15, 0.2) is 42.5 Å². The van der Waals surface area contributed by atoms with E-state index in [4.69, 9.17) is 23.2 Å². The van der Waals surface area contributed by atoms with Gasteiger partial charge in [0.15, 0.2) is 0 Å². The van der Waals surface area contributed by atoms with Gasteiger partial charge in [-0.1, -0.05) is 29.3 Å². The second-order valence-corrected chi connectivity index (χ2v) is 5.63. The number of rotatable bonds is 2. The molecule has 0 saturated heterocycles. The molecule has 0 fully saturated rings. The van der Waals surface area contributed by atoms with E-state index in [1.807, 2.05) is 0 Å². The Hall–Kier alpha value is -2.04. The van der Waals surface area contributed by atoms with Crippen LogP contribution in [-0.4, -0.2) is 10.5 Å². The van der Waals surface area contributed by atoms with Crippen molar-refractivity contribution in [3.8, 4) is 0 Å². The van der Waals surface area contributed by atoms with Crippen molar-refractivity contribution in [2.24, 2.45) is 7.05 Å². The fourth-order valence-corrected chi connectivity index (χ4v) is 2.66. The Balaban J connectivity index is 1.99. The Morgan fingerprint density at radius 1 is 1.18 bits per heavy atom. The van der Waals surface area contributed by atoms with Crippen molar-refractivity contribution in [3.05, 3.63) is 64.0 Å². The molecule has 6 heteroatoms. The molecule has 2 aromatic carbocycles. The Labute approximate surface area is 136 Å². The van der Waals surface area contributed by atoms with Crippen molar-refractivity contribution in [3.63, 3.8) is 0 Å². The summed E-state index contributed by atoms with van der Waals surface area (Å²) < 4.78 is 15.0. The molecule has 0 spiro atoms. The highest BCUT2D eigenvalue weighted by molar-refractivity contribution is 6.44. The van der Waals surface area contributed by atoms with Crippen LogP contribution in [0.5, 0.6) is 0 Å². The lowest BCUT2D eigenvalue weighted by Crippen LogP contribution is -2.15. The maximum atomic E-state index is 13.3.